The maximum absolute atomic E-state index is 6.09. The topological polar surface area (TPSA) is 29.3 Å². The summed E-state index contributed by atoms with van der Waals surface area (Å²) in [6.07, 6.45) is 1.20. The van der Waals surface area contributed by atoms with Gasteiger partial charge in [0.15, 0.2) is 0 Å². The largest absolute Gasteiger partial charge is 0.327 e. The van der Waals surface area contributed by atoms with Crippen LogP contribution >= 0.6 is 0 Å². The van der Waals surface area contributed by atoms with Gasteiger partial charge in [-0.2, -0.15) is 0 Å². The minimum absolute atomic E-state index is 0.237. The van der Waals surface area contributed by atoms with Gasteiger partial charge in [-0.15, -0.1) is 0 Å². The summed E-state index contributed by atoms with van der Waals surface area (Å²) in [5.74, 6) is 0. The molecule has 0 aliphatic heterocycles. The highest BCUT2D eigenvalue weighted by Crippen LogP contribution is 2.26. The van der Waals surface area contributed by atoms with Crippen molar-refractivity contribution in [2.24, 2.45) is 11.1 Å². The normalized spacial score (nSPS) is 17.1. The molecule has 0 aromatic rings. The molecule has 0 spiro atoms. The van der Waals surface area contributed by atoms with Gasteiger partial charge >= 0.3 is 0 Å². The average molecular weight is 200 g/mol. The second-order valence-electron chi connectivity index (χ2n) is 5.30. The van der Waals surface area contributed by atoms with Crippen molar-refractivity contribution >= 4 is 0 Å². The van der Waals surface area contributed by atoms with Crippen LogP contribution < -0.4 is 5.73 Å². The third kappa shape index (κ3) is 3.97. The predicted molar refractivity (Wildman–Crippen MR) is 64.4 cm³/mol. The molecule has 0 aliphatic rings. The van der Waals surface area contributed by atoms with E-state index < -0.39 is 0 Å². The molecule has 0 saturated heterocycles. The molecule has 0 heterocycles. The summed E-state index contributed by atoms with van der Waals surface area (Å²) < 4.78 is 0. The molecule has 2 unspecified atom stereocenters. The monoisotopic (exact) mass is 200 g/mol. The van der Waals surface area contributed by atoms with Crippen molar-refractivity contribution in [2.45, 2.75) is 60.0 Å². The molecule has 0 aliphatic carbocycles. The second kappa shape index (κ2) is 5.72. The highest BCUT2D eigenvalue weighted by molar-refractivity contribution is 4.88. The summed E-state index contributed by atoms with van der Waals surface area (Å²) >= 11 is 0. The van der Waals surface area contributed by atoms with Crippen molar-refractivity contribution in [3.8, 4) is 0 Å². The SMILES string of the molecule is CCCN(CC)C(C(C)N)C(C)(C)C. The van der Waals surface area contributed by atoms with E-state index in [1.54, 1.807) is 0 Å². The quantitative estimate of drug-likeness (QED) is 0.739. The molecule has 0 saturated carbocycles. The van der Waals surface area contributed by atoms with Gasteiger partial charge in [0, 0.05) is 12.1 Å². The lowest BCUT2D eigenvalue weighted by atomic mass is 9.81. The summed E-state index contributed by atoms with van der Waals surface area (Å²) in [5.41, 5.74) is 6.35. The minimum Gasteiger partial charge on any atom is -0.327 e. The Kier molecular flexibility index (Phi) is 5.68. The van der Waals surface area contributed by atoms with E-state index >= 15 is 0 Å². The molecule has 0 fully saturated rings. The van der Waals surface area contributed by atoms with Crippen LogP contribution in [0.15, 0.2) is 0 Å². The first-order chi connectivity index (χ1) is 6.34. The van der Waals surface area contributed by atoms with Crippen molar-refractivity contribution < 1.29 is 0 Å². The van der Waals surface area contributed by atoms with Gasteiger partial charge in [-0.1, -0.05) is 34.6 Å². The maximum Gasteiger partial charge on any atom is 0.0292 e. The molecule has 0 aromatic carbocycles. The van der Waals surface area contributed by atoms with Crippen LogP contribution in [0.3, 0.4) is 0 Å². The number of nitrogens with two attached hydrogens (primary N) is 1. The van der Waals surface area contributed by atoms with Crippen molar-refractivity contribution in [2.75, 3.05) is 13.1 Å². The summed E-state index contributed by atoms with van der Waals surface area (Å²) in [6.45, 7) is 15.6. The van der Waals surface area contributed by atoms with Gasteiger partial charge in [-0.3, -0.25) is 4.90 Å². The van der Waals surface area contributed by atoms with Crippen molar-refractivity contribution in [3.63, 3.8) is 0 Å². The first-order valence-electron chi connectivity index (χ1n) is 5.84. The Labute approximate surface area is 89.9 Å². The Hall–Kier alpha value is -0.0800. The van der Waals surface area contributed by atoms with E-state index in [1.165, 1.54) is 6.42 Å². The molecular formula is C12H28N2. The average Bonchev–Trinajstić information content (AvgIpc) is 2.00. The number of rotatable bonds is 5. The molecule has 2 heteroatoms. The lowest BCUT2D eigenvalue weighted by Crippen LogP contribution is -2.53. The summed E-state index contributed by atoms with van der Waals surface area (Å²) in [4.78, 5) is 2.50. The van der Waals surface area contributed by atoms with Crippen LogP contribution in [0.2, 0.25) is 0 Å². The number of nitrogens with zero attached hydrogens (tertiary/aromatic N) is 1. The highest BCUT2D eigenvalue weighted by atomic mass is 15.2. The third-order valence-corrected chi connectivity index (χ3v) is 2.70. The molecule has 14 heavy (non-hydrogen) atoms. The molecule has 0 bridgehead atoms. The van der Waals surface area contributed by atoms with E-state index in [1.807, 2.05) is 0 Å². The lowest BCUT2D eigenvalue weighted by Gasteiger charge is -2.42. The van der Waals surface area contributed by atoms with E-state index in [0.29, 0.717) is 6.04 Å². The third-order valence-electron chi connectivity index (χ3n) is 2.70. The Bertz CT molecular complexity index is 147. The molecule has 2 nitrogen and oxygen atoms in total. The van der Waals surface area contributed by atoms with Gasteiger partial charge < -0.3 is 5.73 Å². The van der Waals surface area contributed by atoms with Crippen LogP contribution in [-0.2, 0) is 0 Å². The molecule has 2 N–H and O–H groups in total. The van der Waals surface area contributed by atoms with Crippen LogP contribution in [0.5, 0.6) is 0 Å². The van der Waals surface area contributed by atoms with Crippen LogP contribution in [0, 0.1) is 5.41 Å². The minimum atomic E-state index is 0.237. The van der Waals surface area contributed by atoms with E-state index in [9.17, 15) is 0 Å². The van der Waals surface area contributed by atoms with Crippen molar-refractivity contribution in [1.82, 2.24) is 4.90 Å². The van der Waals surface area contributed by atoms with Crippen LogP contribution in [0.25, 0.3) is 0 Å². The predicted octanol–water partition coefficient (Wildman–Crippen LogP) is 2.48. The smallest absolute Gasteiger partial charge is 0.0292 e. The molecule has 0 aromatic heterocycles. The van der Waals surface area contributed by atoms with Crippen LogP contribution in [0.4, 0.5) is 0 Å². The fourth-order valence-corrected chi connectivity index (χ4v) is 2.45. The maximum atomic E-state index is 6.09. The van der Waals surface area contributed by atoms with Gasteiger partial charge in [0.25, 0.3) is 0 Å². The first kappa shape index (κ1) is 13.9. The zero-order valence-electron chi connectivity index (χ0n) is 10.8. The Morgan fingerprint density at radius 2 is 1.71 bits per heavy atom. The molecule has 2 atom stereocenters. The van der Waals surface area contributed by atoms with E-state index in [0.717, 1.165) is 13.1 Å². The first-order valence-corrected chi connectivity index (χ1v) is 5.84. The fourth-order valence-electron chi connectivity index (χ4n) is 2.45. The Balaban J connectivity index is 4.61. The summed E-state index contributed by atoms with van der Waals surface area (Å²) in [6, 6.07) is 0.717. The lowest BCUT2D eigenvalue weighted by molar-refractivity contribution is 0.0867. The number of likely N-dealkylation sites (N-methyl/N-ethyl adjacent to an activating group) is 1. The van der Waals surface area contributed by atoms with E-state index in [2.05, 4.69) is 46.4 Å². The van der Waals surface area contributed by atoms with Gasteiger partial charge in [-0.25, -0.2) is 0 Å². The highest BCUT2D eigenvalue weighted by Gasteiger charge is 2.31. The fraction of sp³-hybridized carbons (Fsp3) is 1.00. The molecule has 0 amide bonds. The number of hydrogen-bond donors (Lipinski definition) is 1. The van der Waals surface area contributed by atoms with E-state index in [4.69, 9.17) is 5.73 Å². The van der Waals surface area contributed by atoms with Gasteiger partial charge in [0.05, 0.1) is 0 Å². The van der Waals surface area contributed by atoms with E-state index in [-0.39, 0.29) is 11.5 Å². The Morgan fingerprint density at radius 1 is 1.21 bits per heavy atom. The van der Waals surface area contributed by atoms with Crippen LogP contribution in [-0.4, -0.2) is 30.1 Å². The molecular weight excluding hydrogens is 172 g/mol. The van der Waals surface area contributed by atoms with Gasteiger partial charge in [0.1, 0.15) is 0 Å². The molecule has 0 rings (SSSR count). The Morgan fingerprint density at radius 3 is 1.93 bits per heavy atom. The number of hydrogen-bond acceptors (Lipinski definition) is 2. The van der Waals surface area contributed by atoms with Gasteiger partial charge in [0.2, 0.25) is 0 Å². The second-order valence-corrected chi connectivity index (χ2v) is 5.30. The van der Waals surface area contributed by atoms with Gasteiger partial charge in [-0.05, 0) is 31.8 Å². The summed E-state index contributed by atoms with van der Waals surface area (Å²) in [7, 11) is 0. The van der Waals surface area contributed by atoms with Crippen molar-refractivity contribution in [3.05, 3.63) is 0 Å². The zero-order valence-corrected chi connectivity index (χ0v) is 10.8. The standard InChI is InChI=1S/C12H28N2/c1-7-9-14(8-2)11(10(3)13)12(4,5)6/h10-11H,7-9,13H2,1-6H3. The van der Waals surface area contributed by atoms with Crippen LogP contribution in [0.1, 0.15) is 48.0 Å². The zero-order chi connectivity index (χ0) is 11.4. The van der Waals surface area contributed by atoms with Crippen molar-refractivity contribution in [1.29, 1.82) is 0 Å². The molecule has 86 valence electrons. The summed E-state index contributed by atoms with van der Waals surface area (Å²) in [5, 5.41) is 0. The molecule has 0 radical (unpaired) electrons.